The van der Waals surface area contributed by atoms with Crippen LogP contribution in [0.25, 0.3) is 0 Å². The molecule has 2 heteroatoms. The molecule has 0 aliphatic carbocycles. The Hall–Kier alpha value is -1.18. The van der Waals surface area contributed by atoms with E-state index in [1.165, 1.54) is 0 Å². The third-order valence-electron chi connectivity index (χ3n) is 2.37. The van der Waals surface area contributed by atoms with Gasteiger partial charge < -0.3 is 9.84 Å². The second-order valence-electron chi connectivity index (χ2n) is 5.06. The van der Waals surface area contributed by atoms with E-state index in [1.54, 1.807) is 12.1 Å². The molecule has 0 aliphatic heterocycles. The van der Waals surface area contributed by atoms with E-state index in [4.69, 9.17) is 4.74 Å². The average Bonchev–Trinajstić information content (AvgIpc) is 2.10. The second kappa shape index (κ2) is 4.56. The fourth-order valence-corrected chi connectivity index (χ4v) is 1.23. The fourth-order valence-electron chi connectivity index (χ4n) is 1.23. The molecule has 0 saturated carbocycles. The third-order valence-corrected chi connectivity index (χ3v) is 2.37. The minimum absolute atomic E-state index is 0.282. The Morgan fingerprint density at radius 3 is 2.53 bits per heavy atom. The molecule has 84 valence electrons. The largest absolute Gasteiger partial charge is 0.508 e. The zero-order valence-electron chi connectivity index (χ0n) is 10.0. The smallest absolute Gasteiger partial charge is 0.125 e. The highest BCUT2D eigenvalue weighted by molar-refractivity contribution is 5.42. The maximum atomic E-state index is 9.48. The van der Waals surface area contributed by atoms with Gasteiger partial charge in [-0.2, -0.15) is 0 Å². The molecule has 0 amide bonds. The van der Waals surface area contributed by atoms with Crippen LogP contribution in [0.4, 0.5) is 0 Å². The van der Waals surface area contributed by atoms with Crippen molar-refractivity contribution in [3.05, 3.63) is 23.8 Å². The van der Waals surface area contributed by atoms with Crippen LogP contribution in [0, 0.1) is 12.3 Å². The Labute approximate surface area is 91.9 Å². The van der Waals surface area contributed by atoms with Crippen molar-refractivity contribution in [3.63, 3.8) is 0 Å². The Kier molecular flexibility index (Phi) is 3.61. The lowest BCUT2D eigenvalue weighted by molar-refractivity contribution is 0.241. The van der Waals surface area contributed by atoms with Gasteiger partial charge in [-0.25, -0.2) is 0 Å². The second-order valence-corrected chi connectivity index (χ2v) is 5.06. The summed E-state index contributed by atoms with van der Waals surface area (Å²) in [7, 11) is 0. The molecule has 0 saturated heterocycles. The van der Waals surface area contributed by atoms with E-state index < -0.39 is 0 Å². The highest BCUT2D eigenvalue weighted by atomic mass is 16.5. The van der Waals surface area contributed by atoms with Gasteiger partial charge >= 0.3 is 0 Å². The van der Waals surface area contributed by atoms with Gasteiger partial charge in [-0.3, -0.25) is 0 Å². The lowest BCUT2D eigenvalue weighted by atomic mass is 9.93. The van der Waals surface area contributed by atoms with Crippen molar-refractivity contribution in [2.45, 2.75) is 34.1 Å². The summed E-state index contributed by atoms with van der Waals surface area (Å²) in [4.78, 5) is 0. The predicted molar refractivity (Wildman–Crippen MR) is 62.4 cm³/mol. The van der Waals surface area contributed by atoms with Gasteiger partial charge in [0.15, 0.2) is 0 Å². The number of rotatable bonds is 3. The van der Waals surface area contributed by atoms with E-state index in [9.17, 15) is 5.11 Å². The minimum Gasteiger partial charge on any atom is -0.508 e. The van der Waals surface area contributed by atoms with Crippen molar-refractivity contribution < 1.29 is 9.84 Å². The number of phenolic OH excluding ortho intramolecular Hbond substituents is 1. The van der Waals surface area contributed by atoms with Crippen molar-refractivity contribution in [3.8, 4) is 11.5 Å². The standard InChI is InChI=1S/C13H20O2/c1-10-11(14)6-5-7-12(10)15-9-8-13(2,3)4/h5-7,14H,8-9H2,1-4H3. The van der Waals surface area contributed by atoms with E-state index in [2.05, 4.69) is 20.8 Å². The van der Waals surface area contributed by atoms with Crippen LogP contribution in [0.5, 0.6) is 11.5 Å². The minimum atomic E-state index is 0.282. The summed E-state index contributed by atoms with van der Waals surface area (Å²) in [5, 5.41) is 9.48. The molecule has 2 nitrogen and oxygen atoms in total. The first-order valence-corrected chi connectivity index (χ1v) is 5.31. The molecule has 1 aromatic rings. The summed E-state index contributed by atoms with van der Waals surface area (Å²) >= 11 is 0. The monoisotopic (exact) mass is 208 g/mol. The van der Waals surface area contributed by atoms with Gasteiger partial charge in [-0.15, -0.1) is 0 Å². The number of aromatic hydroxyl groups is 1. The zero-order valence-corrected chi connectivity index (χ0v) is 10.0. The maximum absolute atomic E-state index is 9.48. The first-order valence-electron chi connectivity index (χ1n) is 5.31. The van der Waals surface area contributed by atoms with Gasteiger partial charge in [0.2, 0.25) is 0 Å². The molecule has 0 bridgehead atoms. The highest BCUT2D eigenvalue weighted by Gasteiger charge is 2.10. The highest BCUT2D eigenvalue weighted by Crippen LogP contribution is 2.27. The van der Waals surface area contributed by atoms with Gasteiger partial charge in [0.25, 0.3) is 0 Å². The molecular weight excluding hydrogens is 188 g/mol. The average molecular weight is 208 g/mol. The Morgan fingerprint density at radius 1 is 1.27 bits per heavy atom. The number of hydrogen-bond donors (Lipinski definition) is 1. The summed E-state index contributed by atoms with van der Waals surface area (Å²) in [5.41, 5.74) is 1.09. The molecule has 0 radical (unpaired) electrons. The van der Waals surface area contributed by atoms with E-state index in [-0.39, 0.29) is 5.41 Å². The number of hydrogen-bond acceptors (Lipinski definition) is 2. The summed E-state index contributed by atoms with van der Waals surface area (Å²) in [6, 6.07) is 5.36. The zero-order chi connectivity index (χ0) is 11.5. The van der Waals surface area contributed by atoms with Crippen molar-refractivity contribution >= 4 is 0 Å². The van der Waals surface area contributed by atoms with Crippen molar-refractivity contribution in [2.24, 2.45) is 5.41 Å². The molecule has 0 unspecified atom stereocenters. The van der Waals surface area contributed by atoms with Crippen LogP contribution >= 0.6 is 0 Å². The molecule has 1 rings (SSSR count). The molecule has 1 aromatic carbocycles. The fraction of sp³-hybridized carbons (Fsp3) is 0.538. The first kappa shape index (κ1) is 11.9. The molecule has 0 aromatic heterocycles. The number of phenols is 1. The summed E-state index contributed by atoms with van der Waals surface area (Å²) < 4.78 is 5.63. The summed E-state index contributed by atoms with van der Waals surface area (Å²) in [5.74, 6) is 1.07. The van der Waals surface area contributed by atoms with Crippen LogP contribution in [-0.2, 0) is 0 Å². The van der Waals surface area contributed by atoms with E-state index in [1.807, 2.05) is 13.0 Å². The van der Waals surface area contributed by atoms with Crippen LogP contribution < -0.4 is 4.74 Å². The van der Waals surface area contributed by atoms with E-state index in [0.717, 1.165) is 17.7 Å². The van der Waals surface area contributed by atoms with Gasteiger partial charge in [0.05, 0.1) is 6.61 Å². The van der Waals surface area contributed by atoms with Gasteiger partial charge in [0.1, 0.15) is 11.5 Å². The molecule has 0 atom stereocenters. The van der Waals surface area contributed by atoms with Crippen LogP contribution in [0.2, 0.25) is 0 Å². The van der Waals surface area contributed by atoms with Crippen LogP contribution in [-0.4, -0.2) is 11.7 Å². The first-order chi connectivity index (χ1) is 6.90. The van der Waals surface area contributed by atoms with E-state index >= 15 is 0 Å². The van der Waals surface area contributed by atoms with Crippen LogP contribution in [0.1, 0.15) is 32.8 Å². The Balaban J connectivity index is 2.55. The van der Waals surface area contributed by atoms with Crippen molar-refractivity contribution in [1.82, 2.24) is 0 Å². The molecule has 0 spiro atoms. The van der Waals surface area contributed by atoms with Crippen molar-refractivity contribution in [2.75, 3.05) is 6.61 Å². The SMILES string of the molecule is Cc1c(O)cccc1OCCC(C)(C)C. The van der Waals surface area contributed by atoms with Gasteiger partial charge in [-0.05, 0) is 30.9 Å². The lowest BCUT2D eigenvalue weighted by Crippen LogP contribution is -2.11. The Morgan fingerprint density at radius 2 is 1.93 bits per heavy atom. The van der Waals surface area contributed by atoms with Crippen LogP contribution in [0.15, 0.2) is 18.2 Å². The predicted octanol–water partition coefficient (Wildman–Crippen LogP) is 3.52. The third kappa shape index (κ3) is 3.82. The molecule has 15 heavy (non-hydrogen) atoms. The van der Waals surface area contributed by atoms with Crippen molar-refractivity contribution in [1.29, 1.82) is 0 Å². The summed E-state index contributed by atoms with van der Waals surface area (Å²) in [6.45, 7) is 9.11. The maximum Gasteiger partial charge on any atom is 0.125 e. The topological polar surface area (TPSA) is 29.5 Å². The molecule has 0 heterocycles. The molecule has 0 aliphatic rings. The van der Waals surface area contributed by atoms with Gasteiger partial charge in [0, 0.05) is 5.56 Å². The normalized spacial score (nSPS) is 11.5. The lowest BCUT2D eigenvalue weighted by Gasteiger charge is -2.18. The summed E-state index contributed by atoms with van der Waals surface area (Å²) in [6.07, 6.45) is 1.00. The van der Waals surface area contributed by atoms with Crippen LogP contribution in [0.3, 0.4) is 0 Å². The number of benzene rings is 1. The quantitative estimate of drug-likeness (QED) is 0.823. The van der Waals surface area contributed by atoms with E-state index in [0.29, 0.717) is 12.4 Å². The Bertz CT molecular complexity index is 324. The molecule has 1 N–H and O–H groups in total. The molecular formula is C13H20O2. The molecule has 0 fully saturated rings. The number of ether oxygens (including phenoxy) is 1. The van der Waals surface area contributed by atoms with Gasteiger partial charge in [-0.1, -0.05) is 26.8 Å².